The van der Waals surface area contributed by atoms with E-state index in [2.05, 4.69) is 30.2 Å². The molecule has 0 bridgehead atoms. The van der Waals surface area contributed by atoms with Gasteiger partial charge in [-0.15, -0.1) is 0 Å². The molecule has 1 saturated heterocycles. The van der Waals surface area contributed by atoms with Gasteiger partial charge in [0.15, 0.2) is 0 Å². The maximum atomic E-state index is 5.94. The second-order valence-electron chi connectivity index (χ2n) is 6.49. The number of ether oxygens (including phenoxy) is 2. The molecule has 4 nitrogen and oxygen atoms in total. The maximum Gasteiger partial charge on any atom is 0.212 e. The van der Waals surface area contributed by atoms with Gasteiger partial charge in [-0.2, -0.15) is 0 Å². The van der Waals surface area contributed by atoms with Crippen LogP contribution < -0.4 is 10.1 Å². The molecule has 20 heavy (non-hydrogen) atoms. The van der Waals surface area contributed by atoms with E-state index in [0.29, 0.717) is 23.9 Å². The van der Waals surface area contributed by atoms with E-state index in [4.69, 9.17) is 9.47 Å². The van der Waals surface area contributed by atoms with E-state index in [9.17, 15) is 0 Å². The van der Waals surface area contributed by atoms with Gasteiger partial charge >= 0.3 is 0 Å². The topological polar surface area (TPSA) is 43.4 Å². The van der Waals surface area contributed by atoms with Crippen LogP contribution >= 0.6 is 0 Å². The molecule has 2 heterocycles. The summed E-state index contributed by atoms with van der Waals surface area (Å²) in [4.78, 5) is 4.25. The number of methoxy groups -OCH3 is 1. The molecule has 2 aliphatic rings. The van der Waals surface area contributed by atoms with Crippen LogP contribution in [-0.4, -0.2) is 30.8 Å². The molecular weight excluding hydrogens is 252 g/mol. The van der Waals surface area contributed by atoms with Crippen molar-refractivity contribution in [2.75, 3.05) is 13.7 Å². The second-order valence-corrected chi connectivity index (χ2v) is 6.49. The highest BCUT2D eigenvalue weighted by atomic mass is 16.5. The Morgan fingerprint density at radius 1 is 1.45 bits per heavy atom. The van der Waals surface area contributed by atoms with Crippen LogP contribution in [0.15, 0.2) is 18.3 Å². The number of hydrogen-bond donors (Lipinski definition) is 1. The Morgan fingerprint density at radius 2 is 2.30 bits per heavy atom. The van der Waals surface area contributed by atoms with E-state index < -0.39 is 0 Å². The van der Waals surface area contributed by atoms with Crippen LogP contribution in [-0.2, 0) is 11.3 Å². The van der Waals surface area contributed by atoms with E-state index in [1.54, 1.807) is 7.11 Å². The number of aromatic nitrogens is 1. The van der Waals surface area contributed by atoms with Gasteiger partial charge in [-0.05, 0) is 18.4 Å². The van der Waals surface area contributed by atoms with Gasteiger partial charge in [0.05, 0.1) is 13.2 Å². The second kappa shape index (κ2) is 5.34. The standard InChI is InChI=1S/C16H24N2O2/c1-16(2)14(12-5-4-8-20-15(12)16)18-10-11-6-7-13(19-3)17-9-11/h6-7,9,12,14-15,18H,4-5,8,10H2,1-3H3/t12-,14-,15+/m1/s1. The predicted octanol–water partition coefficient (Wildman–Crippen LogP) is 2.38. The summed E-state index contributed by atoms with van der Waals surface area (Å²) < 4.78 is 11.0. The number of hydrogen-bond acceptors (Lipinski definition) is 4. The van der Waals surface area contributed by atoms with Gasteiger partial charge in [0.25, 0.3) is 0 Å². The monoisotopic (exact) mass is 276 g/mol. The predicted molar refractivity (Wildman–Crippen MR) is 77.7 cm³/mol. The molecule has 3 atom stereocenters. The average Bonchev–Trinajstić information content (AvgIpc) is 2.48. The minimum Gasteiger partial charge on any atom is -0.481 e. The molecule has 0 amide bonds. The van der Waals surface area contributed by atoms with Crippen molar-refractivity contribution in [2.24, 2.45) is 11.3 Å². The average molecular weight is 276 g/mol. The van der Waals surface area contributed by atoms with Crippen molar-refractivity contribution in [3.63, 3.8) is 0 Å². The normalized spacial score (nSPS) is 31.2. The zero-order valence-corrected chi connectivity index (χ0v) is 12.6. The molecule has 0 aromatic carbocycles. The minimum atomic E-state index is 0.227. The third-order valence-electron chi connectivity index (χ3n) is 4.86. The highest BCUT2D eigenvalue weighted by molar-refractivity contribution is 5.18. The Bertz CT molecular complexity index is 458. The van der Waals surface area contributed by atoms with Gasteiger partial charge in [-0.3, -0.25) is 0 Å². The lowest BCUT2D eigenvalue weighted by Crippen LogP contribution is -2.69. The molecule has 1 aliphatic heterocycles. The van der Waals surface area contributed by atoms with Crippen molar-refractivity contribution in [3.8, 4) is 5.88 Å². The van der Waals surface area contributed by atoms with Gasteiger partial charge in [-0.1, -0.05) is 19.9 Å². The fourth-order valence-electron chi connectivity index (χ4n) is 3.80. The third kappa shape index (κ3) is 2.31. The van der Waals surface area contributed by atoms with E-state index >= 15 is 0 Å². The van der Waals surface area contributed by atoms with Crippen LogP contribution in [0.2, 0.25) is 0 Å². The lowest BCUT2D eigenvalue weighted by Gasteiger charge is -2.60. The zero-order chi connectivity index (χ0) is 14.2. The summed E-state index contributed by atoms with van der Waals surface area (Å²) in [7, 11) is 1.64. The van der Waals surface area contributed by atoms with Crippen molar-refractivity contribution in [3.05, 3.63) is 23.9 Å². The molecule has 1 N–H and O–H groups in total. The summed E-state index contributed by atoms with van der Waals surface area (Å²) in [5, 5.41) is 3.70. The number of pyridine rings is 1. The third-order valence-corrected chi connectivity index (χ3v) is 4.86. The van der Waals surface area contributed by atoms with Crippen LogP contribution in [0.3, 0.4) is 0 Å². The van der Waals surface area contributed by atoms with Gasteiger partial charge in [0.1, 0.15) is 0 Å². The molecule has 0 radical (unpaired) electrons. The van der Waals surface area contributed by atoms with Crippen LogP contribution in [0, 0.1) is 11.3 Å². The smallest absolute Gasteiger partial charge is 0.212 e. The molecule has 3 rings (SSSR count). The highest BCUT2D eigenvalue weighted by Crippen LogP contribution is 2.51. The largest absolute Gasteiger partial charge is 0.481 e. The van der Waals surface area contributed by atoms with Gasteiger partial charge in [0.2, 0.25) is 5.88 Å². The first-order chi connectivity index (χ1) is 9.63. The Hall–Kier alpha value is -1.13. The zero-order valence-electron chi connectivity index (χ0n) is 12.6. The molecule has 1 aliphatic carbocycles. The van der Waals surface area contributed by atoms with Gasteiger partial charge < -0.3 is 14.8 Å². The van der Waals surface area contributed by atoms with E-state index in [1.165, 1.54) is 18.4 Å². The number of nitrogens with one attached hydrogen (secondary N) is 1. The molecule has 1 saturated carbocycles. The quantitative estimate of drug-likeness (QED) is 0.917. The first-order valence-electron chi connectivity index (χ1n) is 7.47. The molecule has 1 aromatic heterocycles. The molecule has 1 aromatic rings. The number of nitrogens with zero attached hydrogens (tertiary/aromatic N) is 1. The summed E-state index contributed by atoms with van der Waals surface area (Å²) in [6.45, 7) is 6.40. The number of rotatable bonds is 4. The first-order valence-corrected chi connectivity index (χ1v) is 7.47. The van der Waals surface area contributed by atoms with Gasteiger partial charge in [-0.25, -0.2) is 4.98 Å². The van der Waals surface area contributed by atoms with Crippen LogP contribution in [0.5, 0.6) is 5.88 Å². The highest BCUT2D eigenvalue weighted by Gasteiger charge is 2.57. The Morgan fingerprint density at radius 3 is 3.00 bits per heavy atom. The molecule has 0 unspecified atom stereocenters. The Labute approximate surface area is 120 Å². The first kappa shape index (κ1) is 13.8. The Kier molecular flexibility index (Phi) is 3.69. The van der Waals surface area contributed by atoms with Crippen LogP contribution in [0.4, 0.5) is 0 Å². The minimum absolute atomic E-state index is 0.227. The maximum absolute atomic E-state index is 5.94. The lowest BCUT2D eigenvalue weighted by atomic mass is 9.55. The van der Waals surface area contributed by atoms with Crippen molar-refractivity contribution in [2.45, 2.75) is 45.4 Å². The SMILES string of the molecule is COc1ccc(CN[C@@H]2[C@H]3CCCO[C@@H]3C2(C)C)cn1. The fraction of sp³-hybridized carbons (Fsp3) is 0.688. The summed E-state index contributed by atoms with van der Waals surface area (Å²) in [6, 6.07) is 4.52. The van der Waals surface area contributed by atoms with Crippen molar-refractivity contribution >= 4 is 0 Å². The van der Waals surface area contributed by atoms with Crippen molar-refractivity contribution < 1.29 is 9.47 Å². The summed E-state index contributed by atoms with van der Waals surface area (Å²) in [5.41, 5.74) is 1.42. The van der Waals surface area contributed by atoms with Crippen molar-refractivity contribution in [1.82, 2.24) is 10.3 Å². The van der Waals surface area contributed by atoms with Gasteiger partial charge in [0, 0.05) is 42.8 Å². The lowest BCUT2D eigenvalue weighted by molar-refractivity contribution is -0.192. The molecule has 4 heteroatoms. The fourth-order valence-corrected chi connectivity index (χ4v) is 3.80. The Balaban J connectivity index is 1.60. The summed E-state index contributed by atoms with van der Waals surface area (Å²) >= 11 is 0. The molecule has 2 fully saturated rings. The van der Waals surface area contributed by atoms with Crippen LogP contribution in [0.25, 0.3) is 0 Å². The molecule has 110 valence electrons. The summed E-state index contributed by atoms with van der Waals surface area (Å²) in [5.74, 6) is 1.34. The van der Waals surface area contributed by atoms with Crippen molar-refractivity contribution in [1.29, 1.82) is 0 Å². The summed E-state index contributed by atoms with van der Waals surface area (Å²) in [6.07, 6.45) is 4.79. The number of fused-ring (bicyclic) bond motifs is 1. The molecule has 0 spiro atoms. The van der Waals surface area contributed by atoms with E-state index in [-0.39, 0.29) is 5.41 Å². The van der Waals surface area contributed by atoms with Crippen LogP contribution in [0.1, 0.15) is 32.3 Å². The van der Waals surface area contributed by atoms with E-state index in [1.807, 2.05) is 12.3 Å². The molecular formula is C16H24N2O2. The van der Waals surface area contributed by atoms with E-state index in [0.717, 1.165) is 13.2 Å².